The molecule has 0 radical (unpaired) electrons. The molecule has 2 N–H and O–H groups in total. The molecule has 1 aromatic heterocycles. The first-order valence-corrected chi connectivity index (χ1v) is 11.2. The molecule has 1 aliphatic rings. The zero-order valence-corrected chi connectivity index (χ0v) is 21.2. The highest BCUT2D eigenvalue weighted by Gasteiger charge is 2.16. The Morgan fingerprint density at radius 2 is 1.90 bits per heavy atom. The molecule has 2 aromatic rings. The van der Waals surface area contributed by atoms with Crippen molar-refractivity contribution in [3.05, 3.63) is 59.9 Å². The van der Waals surface area contributed by atoms with Crippen LogP contribution in [0.15, 0.2) is 53.7 Å². The Kier molecular flexibility index (Phi) is 11.7. The topological polar surface area (TPSA) is 55.8 Å². The Morgan fingerprint density at radius 1 is 1.06 bits per heavy atom. The minimum Gasteiger partial charge on any atom is -0.369 e. The number of nitrogens with one attached hydrogen (secondary N) is 2. The van der Waals surface area contributed by atoms with E-state index in [0.717, 1.165) is 76.9 Å². The summed E-state index contributed by atoms with van der Waals surface area (Å²) in [5.41, 5.74) is 3.79. The zero-order valence-electron chi connectivity index (χ0n) is 18.9. The number of hydrogen-bond donors (Lipinski definition) is 2. The van der Waals surface area contributed by atoms with E-state index in [4.69, 9.17) is 4.99 Å². The van der Waals surface area contributed by atoms with Gasteiger partial charge in [0.25, 0.3) is 0 Å². The number of benzene rings is 1. The Bertz CT molecular complexity index is 775. The maximum Gasteiger partial charge on any atom is 0.191 e. The average Bonchev–Trinajstić information content (AvgIpc) is 2.78. The van der Waals surface area contributed by atoms with Crippen LogP contribution in [0.1, 0.15) is 24.6 Å². The monoisotopic (exact) mass is 536 g/mol. The van der Waals surface area contributed by atoms with Gasteiger partial charge < -0.3 is 15.5 Å². The second kappa shape index (κ2) is 14.2. The number of rotatable bonds is 9. The molecule has 1 fully saturated rings. The minimum atomic E-state index is 0. The van der Waals surface area contributed by atoms with Gasteiger partial charge in [0.05, 0.1) is 0 Å². The first-order valence-electron chi connectivity index (χ1n) is 11.2. The fraction of sp³-hybridized carbons (Fsp3) is 0.500. The van der Waals surface area contributed by atoms with Crippen molar-refractivity contribution in [1.82, 2.24) is 20.5 Å². The lowest BCUT2D eigenvalue weighted by Gasteiger charge is -2.36. The number of piperazine rings is 1. The van der Waals surface area contributed by atoms with E-state index in [1.807, 2.05) is 18.3 Å². The molecule has 170 valence electrons. The van der Waals surface area contributed by atoms with Gasteiger partial charge in [-0.25, -0.2) is 0 Å². The molecule has 0 unspecified atom stereocenters. The maximum atomic E-state index is 4.74. The van der Waals surface area contributed by atoms with Crippen LogP contribution in [0.25, 0.3) is 0 Å². The lowest BCUT2D eigenvalue weighted by atomic mass is 10.2. The van der Waals surface area contributed by atoms with Gasteiger partial charge in [0.1, 0.15) is 0 Å². The Labute approximate surface area is 204 Å². The normalized spacial score (nSPS) is 14.8. The van der Waals surface area contributed by atoms with Crippen LogP contribution in [0.5, 0.6) is 0 Å². The van der Waals surface area contributed by atoms with Crippen LogP contribution in [-0.4, -0.2) is 68.2 Å². The molecule has 7 heteroatoms. The summed E-state index contributed by atoms with van der Waals surface area (Å²) in [6, 6.07) is 14.9. The van der Waals surface area contributed by atoms with Crippen molar-refractivity contribution in [2.24, 2.45) is 4.99 Å². The summed E-state index contributed by atoms with van der Waals surface area (Å²) in [6.45, 7) is 12.4. The van der Waals surface area contributed by atoms with Gasteiger partial charge in [-0.15, -0.1) is 24.0 Å². The van der Waals surface area contributed by atoms with Crippen molar-refractivity contribution >= 4 is 35.6 Å². The quantitative estimate of drug-likeness (QED) is 0.223. The average molecular weight is 537 g/mol. The van der Waals surface area contributed by atoms with Crippen molar-refractivity contribution in [2.75, 3.05) is 57.3 Å². The number of nitrogens with zero attached hydrogens (tertiary/aromatic N) is 4. The largest absolute Gasteiger partial charge is 0.369 e. The SMILES string of the molecule is CCNC(=NCCCN1CCN(c2cccc(C)c2)CC1)NCCc1ccccn1.I. The zero-order chi connectivity index (χ0) is 21.0. The summed E-state index contributed by atoms with van der Waals surface area (Å²) in [5.74, 6) is 0.901. The van der Waals surface area contributed by atoms with E-state index in [2.05, 4.69) is 69.6 Å². The lowest BCUT2D eigenvalue weighted by Crippen LogP contribution is -2.46. The van der Waals surface area contributed by atoms with Gasteiger partial charge in [-0.1, -0.05) is 18.2 Å². The van der Waals surface area contributed by atoms with Crippen LogP contribution in [0.4, 0.5) is 5.69 Å². The standard InChI is InChI=1S/C24H36N6.HI/c1-3-25-24(28-14-11-22-9-4-5-12-26-22)27-13-7-15-29-16-18-30(19-17-29)23-10-6-8-21(2)20-23;/h4-6,8-10,12,20H,3,7,11,13-19H2,1-2H3,(H2,25,27,28);1H. The number of aryl methyl sites for hydroxylation is 1. The molecule has 0 bridgehead atoms. The number of aromatic nitrogens is 1. The number of anilines is 1. The van der Waals surface area contributed by atoms with Crippen LogP contribution in [0, 0.1) is 6.92 Å². The molecule has 0 saturated carbocycles. The maximum absolute atomic E-state index is 4.74. The van der Waals surface area contributed by atoms with E-state index < -0.39 is 0 Å². The number of halogens is 1. The number of pyridine rings is 1. The second-order valence-corrected chi connectivity index (χ2v) is 7.78. The van der Waals surface area contributed by atoms with Crippen molar-refractivity contribution < 1.29 is 0 Å². The summed E-state index contributed by atoms with van der Waals surface area (Å²) in [6.07, 6.45) is 3.83. The molecule has 3 rings (SSSR count). The molecule has 0 aliphatic carbocycles. The molecular formula is C24H37IN6. The van der Waals surface area contributed by atoms with Crippen LogP contribution in [0.3, 0.4) is 0 Å². The van der Waals surface area contributed by atoms with Crippen molar-refractivity contribution in [3.63, 3.8) is 0 Å². The van der Waals surface area contributed by atoms with Crippen LogP contribution in [-0.2, 0) is 6.42 Å². The fourth-order valence-corrected chi connectivity index (χ4v) is 3.74. The molecular weight excluding hydrogens is 499 g/mol. The number of hydrogen-bond acceptors (Lipinski definition) is 4. The molecule has 31 heavy (non-hydrogen) atoms. The Morgan fingerprint density at radius 3 is 2.61 bits per heavy atom. The molecule has 1 aliphatic heterocycles. The van der Waals surface area contributed by atoms with E-state index in [1.54, 1.807) is 0 Å². The van der Waals surface area contributed by atoms with Gasteiger partial charge in [0, 0.05) is 76.4 Å². The number of aliphatic imine (C=N–C) groups is 1. The highest BCUT2D eigenvalue weighted by Crippen LogP contribution is 2.17. The van der Waals surface area contributed by atoms with E-state index in [0.29, 0.717) is 0 Å². The van der Waals surface area contributed by atoms with Gasteiger partial charge in [-0.05, 0) is 50.1 Å². The summed E-state index contributed by atoms with van der Waals surface area (Å²) < 4.78 is 0. The van der Waals surface area contributed by atoms with E-state index in [1.165, 1.54) is 11.3 Å². The summed E-state index contributed by atoms with van der Waals surface area (Å²) in [4.78, 5) is 14.2. The Balaban J connectivity index is 0.00000341. The van der Waals surface area contributed by atoms with Gasteiger partial charge in [-0.3, -0.25) is 14.9 Å². The fourth-order valence-electron chi connectivity index (χ4n) is 3.74. The van der Waals surface area contributed by atoms with Crippen molar-refractivity contribution in [2.45, 2.75) is 26.7 Å². The minimum absolute atomic E-state index is 0. The smallest absolute Gasteiger partial charge is 0.191 e. The first-order chi connectivity index (χ1) is 14.7. The highest BCUT2D eigenvalue weighted by atomic mass is 127. The molecule has 2 heterocycles. The second-order valence-electron chi connectivity index (χ2n) is 7.78. The summed E-state index contributed by atoms with van der Waals surface area (Å²) in [5, 5.41) is 6.75. The Hall–Kier alpha value is -1.87. The highest BCUT2D eigenvalue weighted by molar-refractivity contribution is 14.0. The third-order valence-corrected chi connectivity index (χ3v) is 5.39. The number of guanidine groups is 1. The van der Waals surface area contributed by atoms with Crippen LogP contribution in [0.2, 0.25) is 0 Å². The molecule has 1 saturated heterocycles. The van der Waals surface area contributed by atoms with Gasteiger partial charge in [-0.2, -0.15) is 0 Å². The van der Waals surface area contributed by atoms with Crippen LogP contribution >= 0.6 is 24.0 Å². The molecule has 6 nitrogen and oxygen atoms in total. The lowest BCUT2D eigenvalue weighted by molar-refractivity contribution is 0.256. The third kappa shape index (κ3) is 9.03. The summed E-state index contributed by atoms with van der Waals surface area (Å²) in [7, 11) is 0. The van der Waals surface area contributed by atoms with Crippen molar-refractivity contribution in [1.29, 1.82) is 0 Å². The summed E-state index contributed by atoms with van der Waals surface area (Å²) >= 11 is 0. The molecule has 0 spiro atoms. The molecule has 1 aromatic carbocycles. The van der Waals surface area contributed by atoms with E-state index >= 15 is 0 Å². The van der Waals surface area contributed by atoms with Gasteiger partial charge in [0.15, 0.2) is 5.96 Å². The van der Waals surface area contributed by atoms with E-state index in [-0.39, 0.29) is 24.0 Å². The predicted molar refractivity (Wildman–Crippen MR) is 142 cm³/mol. The van der Waals surface area contributed by atoms with Crippen molar-refractivity contribution in [3.8, 4) is 0 Å². The predicted octanol–water partition coefficient (Wildman–Crippen LogP) is 3.32. The molecule has 0 amide bonds. The molecule has 0 atom stereocenters. The third-order valence-electron chi connectivity index (χ3n) is 5.39. The van der Waals surface area contributed by atoms with Gasteiger partial charge >= 0.3 is 0 Å². The van der Waals surface area contributed by atoms with Gasteiger partial charge in [0.2, 0.25) is 0 Å². The first kappa shape index (κ1) is 25.4. The van der Waals surface area contributed by atoms with Crippen LogP contribution < -0.4 is 15.5 Å². The van der Waals surface area contributed by atoms with E-state index in [9.17, 15) is 0 Å².